The molecule has 5 nitrogen and oxygen atoms in total. The highest BCUT2D eigenvalue weighted by atomic mass is 19.1. The Hall–Kier alpha value is -1.50. The third-order valence-electron chi connectivity index (χ3n) is 5.14. The van der Waals surface area contributed by atoms with Crippen molar-refractivity contribution in [2.45, 2.75) is 31.4 Å². The second-order valence-corrected chi connectivity index (χ2v) is 7.42. The maximum Gasteiger partial charge on any atom is 0.225 e. The van der Waals surface area contributed by atoms with E-state index in [0.717, 1.165) is 18.4 Å². The molecule has 0 bridgehead atoms. The van der Waals surface area contributed by atoms with Gasteiger partial charge in [-0.2, -0.15) is 0 Å². The monoisotopic (exact) mass is 350 g/mol. The van der Waals surface area contributed by atoms with Gasteiger partial charge in [0.05, 0.1) is 12.1 Å². The molecule has 2 aliphatic rings. The summed E-state index contributed by atoms with van der Waals surface area (Å²) in [6.07, 6.45) is 2.15. The lowest BCUT2D eigenvalue weighted by Crippen LogP contribution is -2.45. The number of β-amino-alcohol motifs (C(OH)–C–C–N with tert-alkyl or cyclic N) is 1. The van der Waals surface area contributed by atoms with E-state index in [1.54, 1.807) is 12.1 Å². The number of hydrogen-bond acceptors (Lipinski definition) is 4. The predicted molar refractivity (Wildman–Crippen MR) is 92.4 cm³/mol. The molecule has 0 saturated carbocycles. The van der Waals surface area contributed by atoms with Gasteiger partial charge in [0.2, 0.25) is 5.91 Å². The van der Waals surface area contributed by atoms with Crippen LogP contribution < -0.4 is 0 Å². The van der Waals surface area contributed by atoms with Crippen molar-refractivity contribution in [1.29, 1.82) is 0 Å². The first-order chi connectivity index (χ1) is 12.0. The molecule has 1 N–H and O–H groups in total. The van der Waals surface area contributed by atoms with Crippen molar-refractivity contribution in [1.82, 2.24) is 9.80 Å². The van der Waals surface area contributed by atoms with Crippen LogP contribution >= 0.6 is 0 Å². The highest BCUT2D eigenvalue weighted by molar-refractivity contribution is 5.79. The molecule has 2 fully saturated rings. The number of amides is 1. The van der Waals surface area contributed by atoms with Crippen molar-refractivity contribution in [3.8, 4) is 0 Å². The van der Waals surface area contributed by atoms with Crippen LogP contribution in [0, 0.1) is 11.7 Å². The van der Waals surface area contributed by atoms with Gasteiger partial charge in [-0.05, 0) is 44.0 Å². The van der Waals surface area contributed by atoms with Crippen molar-refractivity contribution in [3.05, 3.63) is 35.6 Å². The summed E-state index contributed by atoms with van der Waals surface area (Å²) in [4.78, 5) is 16.4. The first-order valence-electron chi connectivity index (χ1n) is 8.97. The third kappa shape index (κ3) is 4.77. The Morgan fingerprint density at radius 3 is 2.72 bits per heavy atom. The van der Waals surface area contributed by atoms with E-state index in [9.17, 15) is 14.3 Å². The summed E-state index contributed by atoms with van der Waals surface area (Å²) in [7, 11) is 1.93. The van der Waals surface area contributed by atoms with Crippen LogP contribution in [-0.4, -0.2) is 66.3 Å². The van der Waals surface area contributed by atoms with Gasteiger partial charge in [-0.1, -0.05) is 12.1 Å². The molecule has 138 valence electrons. The number of carbonyl (C=O) groups is 1. The molecule has 0 spiro atoms. The number of likely N-dealkylation sites (tertiary alicyclic amines) is 1. The highest BCUT2D eigenvalue weighted by Crippen LogP contribution is 2.26. The molecule has 0 aliphatic carbocycles. The smallest absolute Gasteiger partial charge is 0.225 e. The number of likely N-dealkylation sites (N-methyl/N-ethyl adjacent to an activating group) is 1. The fourth-order valence-corrected chi connectivity index (χ4v) is 3.84. The van der Waals surface area contributed by atoms with Gasteiger partial charge in [0.15, 0.2) is 0 Å². The number of rotatable bonds is 5. The van der Waals surface area contributed by atoms with E-state index < -0.39 is 5.60 Å². The topological polar surface area (TPSA) is 53.0 Å². The Bertz CT molecular complexity index is 589. The molecule has 1 aromatic carbocycles. The number of aliphatic hydroxyl groups is 1. The van der Waals surface area contributed by atoms with E-state index in [-0.39, 0.29) is 17.6 Å². The lowest BCUT2D eigenvalue weighted by atomic mass is 9.98. The summed E-state index contributed by atoms with van der Waals surface area (Å²) in [5.41, 5.74) is 0.121. The van der Waals surface area contributed by atoms with Crippen molar-refractivity contribution in [3.63, 3.8) is 0 Å². The summed E-state index contributed by atoms with van der Waals surface area (Å²) < 4.78 is 18.3. The molecule has 1 aromatic rings. The number of hydrogen-bond donors (Lipinski definition) is 1. The number of benzene rings is 1. The van der Waals surface area contributed by atoms with E-state index in [2.05, 4.69) is 0 Å². The summed E-state index contributed by atoms with van der Waals surface area (Å²) in [6.45, 7) is 3.41. The fourth-order valence-electron chi connectivity index (χ4n) is 3.84. The van der Waals surface area contributed by atoms with E-state index >= 15 is 0 Å². The first kappa shape index (κ1) is 18.3. The molecule has 1 amide bonds. The van der Waals surface area contributed by atoms with Crippen molar-refractivity contribution < 1.29 is 19.0 Å². The SMILES string of the molecule is CN(Cc1ccc(F)cc1)C[C@@]1(O)CCN(C(=O)C2CCOCC2)C1. The summed E-state index contributed by atoms with van der Waals surface area (Å²) in [5, 5.41) is 10.9. The number of ether oxygens (including phenoxy) is 1. The summed E-state index contributed by atoms with van der Waals surface area (Å²) in [6, 6.07) is 6.40. The molecule has 0 unspecified atom stereocenters. The lowest BCUT2D eigenvalue weighted by molar-refractivity contribution is -0.138. The standard InChI is InChI=1S/C19H27FN2O3/c1-21(12-15-2-4-17(20)5-3-15)13-19(24)8-9-22(14-19)18(23)16-6-10-25-11-7-16/h2-5,16,24H,6-14H2,1H3/t19-/m0/s1. The van der Waals surface area contributed by atoms with Crippen molar-refractivity contribution >= 4 is 5.91 Å². The van der Waals surface area contributed by atoms with Crippen LogP contribution in [0.1, 0.15) is 24.8 Å². The Balaban J connectivity index is 1.52. The van der Waals surface area contributed by atoms with Gasteiger partial charge in [0, 0.05) is 38.8 Å². The van der Waals surface area contributed by atoms with E-state index in [1.807, 2.05) is 16.8 Å². The van der Waals surface area contributed by atoms with E-state index in [0.29, 0.717) is 45.8 Å². The van der Waals surface area contributed by atoms with Gasteiger partial charge in [0.1, 0.15) is 5.82 Å². The first-order valence-corrected chi connectivity index (χ1v) is 8.97. The molecule has 0 radical (unpaired) electrons. The molecule has 6 heteroatoms. The minimum absolute atomic E-state index is 0.0352. The van der Waals surface area contributed by atoms with Gasteiger partial charge < -0.3 is 14.7 Å². The van der Waals surface area contributed by atoms with Gasteiger partial charge in [0.25, 0.3) is 0 Å². The van der Waals surface area contributed by atoms with Crippen LogP contribution in [0.25, 0.3) is 0 Å². The van der Waals surface area contributed by atoms with Gasteiger partial charge >= 0.3 is 0 Å². The minimum atomic E-state index is -0.879. The zero-order valence-electron chi connectivity index (χ0n) is 14.8. The average molecular weight is 350 g/mol. The predicted octanol–water partition coefficient (Wildman–Crippen LogP) is 1.65. The molecule has 3 rings (SSSR count). The summed E-state index contributed by atoms with van der Waals surface area (Å²) >= 11 is 0. The minimum Gasteiger partial charge on any atom is -0.387 e. The van der Waals surface area contributed by atoms with Crippen LogP contribution in [0.2, 0.25) is 0 Å². The Kier molecular flexibility index (Phi) is 5.71. The van der Waals surface area contributed by atoms with Crippen LogP contribution in [0.5, 0.6) is 0 Å². The molecule has 1 atom stereocenters. The van der Waals surface area contributed by atoms with Crippen LogP contribution in [0.4, 0.5) is 4.39 Å². The van der Waals surface area contributed by atoms with Gasteiger partial charge in [-0.25, -0.2) is 4.39 Å². The largest absolute Gasteiger partial charge is 0.387 e. The quantitative estimate of drug-likeness (QED) is 0.877. The second-order valence-electron chi connectivity index (χ2n) is 7.42. The Morgan fingerprint density at radius 2 is 2.04 bits per heavy atom. The third-order valence-corrected chi connectivity index (χ3v) is 5.14. The van der Waals surface area contributed by atoms with E-state index in [1.165, 1.54) is 12.1 Å². The van der Waals surface area contributed by atoms with Gasteiger partial charge in [-0.3, -0.25) is 9.69 Å². The molecule has 2 heterocycles. The zero-order chi connectivity index (χ0) is 17.9. The number of carbonyl (C=O) groups excluding carboxylic acids is 1. The van der Waals surface area contributed by atoms with Crippen molar-refractivity contribution in [2.75, 3.05) is 39.9 Å². The molecule has 25 heavy (non-hydrogen) atoms. The summed E-state index contributed by atoms with van der Waals surface area (Å²) in [5.74, 6) is -0.0588. The number of nitrogens with zero attached hydrogens (tertiary/aromatic N) is 2. The molecular weight excluding hydrogens is 323 g/mol. The lowest BCUT2D eigenvalue weighted by Gasteiger charge is -2.30. The van der Waals surface area contributed by atoms with Crippen LogP contribution in [-0.2, 0) is 16.1 Å². The molecule has 0 aromatic heterocycles. The zero-order valence-corrected chi connectivity index (χ0v) is 14.8. The maximum absolute atomic E-state index is 13.0. The van der Waals surface area contributed by atoms with Crippen molar-refractivity contribution in [2.24, 2.45) is 5.92 Å². The Morgan fingerprint density at radius 1 is 1.36 bits per heavy atom. The molecule has 2 saturated heterocycles. The van der Waals surface area contributed by atoms with Gasteiger partial charge in [-0.15, -0.1) is 0 Å². The second kappa shape index (κ2) is 7.81. The van der Waals surface area contributed by atoms with Crippen LogP contribution in [0.15, 0.2) is 24.3 Å². The fraction of sp³-hybridized carbons (Fsp3) is 0.632. The highest BCUT2D eigenvalue weighted by Gasteiger charge is 2.40. The molecular formula is C19H27FN2O3. The number of halogens is 1. The normalized spacial score (nSPS) is 24.9. The average Bonchev–Trinajstić information content (AvgIpc) is 2.98. The maximum atomic E-state index is 13.0. The van der Waals surface area contributed by atoms with Crippen LogP contribution in [0.3, 0.4) is 0 Å². The Labute approximate surface area is 148 Å². The van der Waals surface area contributed by atoms with E-state index in [4.69, 9.17) is 4.74 Å². The molecule has 2 aliphatic heterocycles.